The van der Waals surface area contributed by atoms with Gasteiger partial charge in [-0.05, 0) is 38.1 Å². The van der Waals surface area contributed by atoms with Gasteiger partial charge in [0.15, 0.2) is 5.78 Å². The molecule has 1 aromatic carbocycles. The molecule has 0 aliphatic rings. The molecule has 1 atom stereocenters. The summed E-state index contributed by atoms with van der Waals surface area (Å²) in [7, 11) is 0. The monoisotopic (exact) mass is 248 g/mol. The average molecular weight is 248 g/mol. The van der Waals surface area contributed by atoms with Crippen molar-refractivity contribution in [2.75, 3.05) is 5.32 Å². The molecule has 0 saturated heterocycles. The van der Waals surface area contributed by atoms with Crippen LogP contribution in [0.4, 0.5) is 5.69 Å². The fraction of sp³-hybridized carbons (Fsp3) is 0.429. The Labute approximate surface area is 108 Å². The number of carbonyl (C=O) groups excluding carboxylic acids is 2. The Morgan fingerprint density at radius 3 is 2.06 bits per heavy atom. The highest BCUT2D eigenvalue weighted by atomic mass is 16.2. The summed E-state index contributed by atoms with van der Waals surface area (Å²) in [6.45, 7) is 7.32. The molecule has 0 aromatic heterocycles. The van der Waals surface area contributed by atoms with Crippen molar-refractivity contribution >= 4 is 17.4 Å². The maximum absolute atomic E-state index is 11.8. The van der Waals surface area contributed by atoms with Gasteiger partial charge in [-0.15, -0.1) is 0 Å². The molecule has 4 heteroatoms. The molecule has 0 saturated carbocycles. The Hall–Kier alpha value is -1.68. The van der Waals surface area contributed by atoms with Crippen LogP contribution in [0.5, 0.6) is 0 Å². The van der Waals surface area contributed by atoms with Gasteiger partial charge in [-0.3, -0.25) is 9.59 Å². The predicted octanol–water partition coefficient (Wildman–Crippen LogP) is 2.21. The summed E-state index contributed by atoms with van der Waals surface area (Å²) in [5, 5.41) is 5.93. The molecule has 0 unspecified atom stereocenters. The summed E-state index contributed by atoms with van der Waals surface area (Å²) < 4.78 is 0. The van der Waals surface area contributed by atoms with E-state index in [1.807, 2.05) is 20.8 Å². The van der Waals surface area contributed by atoms with E-state index in [1.54, 1.807) is 24.3 Å². The van der Waals surface area contributed by atoms with Crippen LogP contribution in [0.25, 0.3) is 0 Å². The fourth-order valence-electron chi connectivity index (χ4n) is 1.61. The summed E-state index contributed by atoms with van der Waals surface area (Å²) in [6.07, 6.45) is 0. The van der Waals surface area contributed by atoms with Crippen LogP contribution in [-0.2, 0) is 4.79 Å². The number of amides is 1. The number of hydrogen-bond donors (Lipinski definition) is 2. The first-order chi connectivity index (χ1) is 8.40. The third kappa shape index (κ3) is 4.30. The molecule has 0 spiro atoms. The van der Waals surface area contributed by atoms with Crippen molar-refractivity contribution in [3.63, 3.8) is 0 Å². The fourth-order valence-corrected chi connectivity index (χ4v) is 1.61. The number of carbonyl (C=O) groups is 2. The van der Waals surface area contributed by atoms with Crippen molar-refractivity contribution in [1.82, 2.24) is 5.32 Å². The number of anilines is 1. The summed E-state index contributed by atoms with van der Waals surface area (Å²) in [5.41, 5.74) is 1.34. The highest BCUT2D eigenvalue weighted by molar-refractivity contribution is 5.96. The van der Waals surface area contributed by atoms with E-state index in [0.29, 0.717) is 11.3 Å². The first kappa shape index (κ1) is 14.4. The second-order valence-electron chi connectivity index (χ2n) is 4.67. The van der Waals surface area contributed by atoms with E-state index in [2.05, 4.69) is 10.6 Å². The Morgan fingerprint density at radius 1 is 1.06 bits per heavy atom. The highest BCUT2D eigenvalue weighted by Crippen LogP contribution is 2.10. The molecule has 0 bridgehead atoms. The Bertz CT molecular complexity index is 424. The van der Waals surface area contributed by atoms with E-state index in [-0.39, 0.29) is 23.8 Å². The number of benzene rings is 1. The lowest BCUT2D eigenvalue weighted by molar-refractivity contribution is -0.117. The first-order valence-corrected chi connectivity index (χ1v) is 6.08. The number of hydrogen-bond acceptors (Lipinski definition) is 3. The molecule has 4 nitrogen and oxygen atoms in total. The van der Waals surface area contributed by atoms with E-state index in [1.165, 1.54) is 6.92 Å². The van der Waals surface area contributed by atoms with Crippen LogP contribution in [0.2, 0.25) is 0 Å². The molecule has 0 fully saturated rings. The van der Waals surface area contributed by atoms with Gasteiger partial charge in [0.1, 0.15) is 0 Å². The van der Waals surface area contributed by atoms with E-state index in [4.69, 9.17) is 0 Å². The third-order valence-corrected chi connectivity index (χ3v) is 2.54. The molecule has 18 heavy (non-hydrogen) atoms. The second kappa shape index (κ2) is 6.31. The first-order valence-electron chi connectivity index (χ1n) is 6.08. The normalized spacial score (nSPS) is 12.3. The van der Waals surface area contributed by atoms with Crippen molar-refractivity contribution < 1.29 is 9.59 Å². The van der Waals surface area contributed by atoms with Crippen molar-refractivity contribution in [2.45, 2.75) is 39.8 Å². The summed E-state index contributed by atoms with van der Waals surface area (Å²) in [5.74, 6) is -0.0676. The van der Waals surface area contributed by atoms with Gasteiger partial charge in [-0.25, -0.2) is 0 Å². The molecular formula is C14H20N2O2. The van der Waals surface area contributed by atoms with E-state index in [9.17, 15) is 9.59 Å². The maximum Gasteiger partial charge on any atom is 0.241 e. The van der Waals surface area contributed by atoms with Crippen LogP contribution in [0, 0.1) is 0 Å². The van der Waals surface area contributed by atoms with Gasteiger partial charge in [0.2, 0.25) is 5.91 Å². The molecule has 98 valence electrons. The van der Waals surface area contributed by atoms with Crippen LogP contribution >= 0.6 is 0 Å². The van der Waals surface area contributed by atoms with Crippen LogP contribution in [0.1, 0.15) is 38.1 Å². The summed E-state index contributed by atoms with van der Waals surface area (Å²) in [4.78, 5) is 22.9. The van der Waals surface area contributed by atoms with Crippen molar-refractivity contribution in [3.8, 4) is 0 Å². The zero-order chi connectivity index (χ0) is 13.7. The topological polar surface area (TPSA) is 58.2 Å². The predicted molar refractivity (Wildman–Crippen MR) is 72.8 cm³/mol. The molecule has 0 aliphatic carbocycles. The lowest BCUT2D eigenvalue weighted by atomic mass is 10.1. The van der Waals surface area contributed by atoms with Crippen LogP contribution in [0.3, 0.4) is 0 Å². The van der Waals surface area contributed by atoms with Crippen molar-refractivity contribution in [2.24, 2.45) is 0 Å². The van der Waals surface area contributed by atoms with Crippen LogP contribution < -0.4 is 10.6 Å². The largest absolute Gasteiger partial charge is 0.325 e. The molecule has 1 amide bonds. The standard InChI is InChI=1S/C14H20N2O2/c1-9(2)15-10(3)14(18)16-13-7-5-12(6-8-13)11(4)17/h5-10,15H,1-4H3,(H,16,18)/t10-/m0/s1. The van der Waals surface area contributed by atoms with E-state index < -0.39 is 0 Å². The molecule has 1 rings (SSSR count). The highest BCUT2D eigenvalue weighted by Gasteiger charge is 2.13. The zero-order valence-electron chi connectivity index (χ0n) is 11.3. The SMILES string of the molecule is CC(=O)c1ccc(NC(=O)[C@H](C)NC(C)C)cc1. The van der Waals surface area contributed by atoms with Gasteiger partial charge in [-0.2, -0.15) is 0 Å². The Kier molecular flexibility index (Phi) is 5.04. The number of nitrogens with one attached hydrogen (secondary N) is 2. The molecular weight excluding hydrogens is 228 g/mol. The van der Waals surface area contributed by atoms with Gasteiger partial charge < -0.3 is 10.6 Å². The summed E-state index contributed by atoms with van der Waals surface area (Å²) in [6, 6.07) is 6.88. The van der Waals surface area contributed by atoms with Gasteiger partial charge >= 0.3 is 0 Å². The third-order valence-electron chi connectivity index (χ3n) is 2.54. The summed E-state index contributed by atoms with van der Waals surface area (Å²) >= 11 is 0. The molecule has 0 heterocycles. The second-order valence-corrected chi connectivity index (χ2v) is 4.67. The number of Topliss-reactive ketones (excluding diaryl/α,β-unsaturated/α-hetero) is 1. The van der Waals surface area contributed by atoms with Crippen LogP contribution in [0.15, 0.2) is 24.3 Å². The van der Waals surface area contributed by atoms with Gasteiger partial charge in [0.25, 0.3) is 0 Å². The Balaban J connectivity index is 2.62. The maximum atomic E-state index is 11.8. The lowest BCUT2D eigenvalue weighted by Gasteiger charge is -2.16. The average Bonchev–Trinajstić information content (AvgIpc) is 2.28. The number of ketones is 1. The quantitative estimate of drug-likeness (QED) is 0.785. The van der Waals surface area contributed by atoms with Crippen LogP contribution in [-0.4, -0.2) is 23.8 Å². The minimum absolute atomic E-state index is 0.0164. The minimum atomic E-state index is -0.252. The van der Waals surface area contributed by atoms with Gasteiger partial charge in [-0.1, -0.05) is 13.8 Å². The molecule has 0 aliphatic heterocycles. The lowest BCUT2D eigenvalue weighted by Crippen LogP contribution is -2.41. The van der Waals surface area contributed by atoms with E-state index >= 15 is 0 Å². The van der Waals surface area contributed by atoms with Crippen molar-refractivity contribution in [1.29, 1.82) is 0 Å². The van der Waals surface area contributed by atoms with Gasteiger partial charge in [0, 0.05) is 17.3 Å². The van der Waals surface area contributed by atoms with Gasteiger partial charge in [0.05, 0.1) is 6.04 Å². The smallest absolute Gasteiger partial charge is 0.241 e. The van der Waals surface area contributed by atoms with E-state index in [0.717, 1.165) is 0 Å². The zero-order valence-corrected chi connectivity index (χ0v) is 11.3. The molecule has 1 aromatic rings. The van der Waals surface area contributed by atoms with Crippen molar-refractivity contribution in [3.05, 3.63) is 29.8 Å². The minimum Gasteiger partial charge on any atom is -0.325 e. The molecule has 2 N–H and O–H groups in total. The number of rotatable bonds is 5. The molecule has 0 radical (unpaired) electrons. The Morgan fingerprint density at radius 2 is 1.61 bits per heavy atom.